The number of nitrogens with zero attached hydrogens (tertiary/aromatic N) is 3. The highest BCUT2D eigenvalue weighted by Gasteiger charge is 2.25. The normalized spacial score (nSPS) is 17.8. The Bertz CT molecular complexity index is 702. The Morgan fingerprint density at radius 2 is 2.15 bits per heavy atom. The van der Waals surface area contributed by atoms with Crippen LogP contribution >= 0.6 is 22.7 Å². The predicted molar refractivity (Wildman–Crippen MR) is 117 cm³/mol. The number of aryl methyl sites for hydroxylation is 1. The van der Waals surface area contributed by atoms with E-state index in [0.29, 0.717) is 6.04 Å². The van der Waals surface area contributed by atoms with Gasteiger partial charge in [0, 0.05) is 36.8 Å². The molecule has 7 heteroatoms. The van der Waals surface area contributed by atoms with Crippen molar-refractivity contribution < 1.29 is 0 Å². The van der Waals surface area contributed by atoms with Gasteiger partial charge in [-0.1, -0.05) is 13.0 Å². The molecule has 1 fully saturated rings. The van der Waals surface area contributed by atoms with Crippen LogP contribution in [0.5, 0.6) is 0 Å². The number of thiophene rings is 1. The van der Waals surface area contributed by atoms with Crippen molar-refractivity contribution in [1.29, 1.82) is 0 Å². The van der Waals surface area contributed by atoms with Gasteiger partial charge in [0.15, 0.2) is 5.96 Å². The van der Waals surface area contributed by atoms with Gasteiger partial charge in [-0.05, 0) is 50.2 Å². The van der Waals surface area contributed by atoms with E-state index in [1.165, 1.54) is 30.8 Å². The van der Waals surface area contributed by atoms with Gasteiger partial charge < -0.3 is 10.6 Å². The summed E-state index contributed by atoms with van der Waals surface area (Å²) < 4.78 is 0. The highest BCUT2D eigenvalue weighted by atomic mass is 32.1. The fraction of sp³-hybridized carbons (Fsp3) is 0.600. The minimum atomic E-state index is 0.414. The standard InChI is InChI=1S/C20H31N5S2/c1-15-7-10-25(11-8-15)18(19-5-4-12-26-19)13-23-20(21-3)22-9-6-17-14-27-16(2)24-17/h4-5,12,14-15,18H,6-11,13H2,1-3H3,(H2,21,22,23). The van der Waals surface area contributed by atoms with Crippen molar-refractivity contribution in [3.63, 3.8) is 0 Å². The Morgan fingerprint density at radius 1 is 1.33 bits per heavy atom. The van der Waals surface area contributed by atoms with Gasteiger partial charge in [0.25, 0.3) is 0 Å². The zero-order chi connectivity index (χ0) is 19.1. The summed E-state index contributed by atoms with van der Waals surface area (Å²) in [6.45, 7) is 8.50. The number of likely N-dealkylation sites (tertiary alicyclic amines) is 1. The number of hydrogen-bond donors (Lipinski definition) is 2. The molecule has 0 aliphatic carbocycles. The lowest BCUT2D eigenvalue weighted by atomic mass is 9.97. The maximum atomic E-state index is 4.52. The van der Waals surface area contributed by atoms with Crippen molar-refractivity contribution in [3.8, 4) is 0 Å². The average Bonchev–Trinajstić information content (AvgIpc) is 3.34. The van der Waals surface area contributed by atoms with Crippen LogP contribution in [-0.2, 0) is 6.42 Å². The maximum Gasteiger partial charge on any atom is 0.191 e. The van der Waals surface area contributed by atoms with Crippen molar-refractivity contribution in [3.05, 3.63) is 38.5 Å². The zero-order valence-electron chi connectivity index (χ0n) is 16.6. The first kappa shape index (κ1) is 20.3. The number of hydrogen-bond acceptors (Lipinski definition) is 5. The summed E-state index contributed by atoms with van der Waals surface area (Å²) in [5, 5.41) is 12.4. The maximum absolute atomic E-state index is 4.52. The first-order valence-electron chi connectivity index (χ1n) is 9.78. The van der Waals surface area contributed by atoms with Crippen LogP contribution < -0.4 is 10.6 Å². The van der Waals surface area contributed by atoms with Gasteiger partial charge in [0.1, 0.15) is 0 Å². The molecule has 1 unspecified atom stereocenters. The summed E-state index contributed by atoms with van der Waals surface area (Å²) in [6, 6.07) is 4.83. The van der Waals surface area contributed by atoms with Crippen LogP contribution in [0.4, 0.5) is 0 Å². The summed E-state index contributed by atoms with van der Waals surface area (Å²) in [5.41, 5.74) is 1.15. The lowest BCUT2D eigenvalue weighted by molar-refractivity contribution is 0.140. The zero-order valence-corrected chi connectivity index (χ0v) is 18.2. The molecule has 27 heavy (non-hydrogen) atoms. The third kappa shape index (κ3) is 6.02. The molecule has 2 aromatic heterocycles. The van der Waals surface area contributed by atoms with Crippen LogP contribution in [0, 0.1) is 12.8 Å². The second-order valence-electron chi connectivity index (χ2n) is 7.24. The van der Waals surface area contributed by atoms with E-state index in [4.69, 9.17) is 0 Å². The van der Waals surface area contributed by atoms with Crippen molar-refractivity contribution in [2.24, 2.45) is 10.9 Å². The van der Waals surface area contributed by atoms with Crippen LogP contribution in [0.1, 0.15) is 41.4 Å². The largest absolute Gasteiger partial charge is 0.356 e. The molecular weight excluding hydrogens is 374 g/mol. The van der Waals surface area contributed by atoms with E-state index in [1.54, 1.807) is 11.3 Å². The van der Waals surface area contributed by atoms with Gasteiger partial charge in [0.2, 0.25) is 0 Å². The molecule has 3 heterocycles. The molecule has 2 aromatic rings. The topological polar surface area (TPSA) is 52.6 Å². The van der Waals surface area contributed by atoms with E-state index >= 15 is 0 Å². The number of aromatic nitrogens is 1. The Balaban J connectivity index is 1.52. The van der Waals surface area contributed by atoms with E-state index in [-0.39, 0.29) is 0 Å². The molecule has 0 radical (unpaired) electrons. The summed E-state index contributed by atoms with van der Waals surface area (Å²) in [7, 11) is 1.84. The van der Waals surface area contributed by atoms with Crippen LogP contribution in [0.3, 0.4) is 0 Å². The van der Waals surface area contributed by atoms with E-state index in [2.05, 4.69) is 55.3 Å². The molecule has 1 aliphatic heterocycles. The number of guanidine groups is 1. The lowest BCUT2D eigenvalue weighted by Gasteiger charge is -2.36. The fourth-order valence-electron chi connectivity index (χ4n) is 3.48. The minimum absolute atomic E-state index is 0.414. The summed E-state index contributed by atoms with van der Waals surface area (Å²) >= 11 is 3.56. The third-order valence-corrected chi connectivity index (χ3v) is 6.95. The van der Waals surface area contributed by atoms with Crippen molar-refractivity contribution >= 4 is 28.6 Å². The number of piperidine rings is 1. The van der Waals surface area contributed by atoms with E-state index in [1.807, 2.05) is 25.3 Å². The second kappa shape index (κ2) is 10.2. The molecule has 1 atom stereocenters. The van der Waals surface area contributed by atoms with Crippen LogP contribution in [0.2, 0.25) is 0 Å². The number of aliphatic imine (C=N–C) groups is 1. The molecule has 0 amide bonds. The molecule has 1 saturated heterocycles. The number of thiazole rings is 1. The molecule has 148 valence electrons. The van der Waals surface area contributed by atoms with E-state index in [0.717, 1.165) is 42.1 Å². The second-order valence-corrected chi connectivity index (χ2v) is 9.28. The number of nitrogens with one attached hydrogen (secondary N) is 2. The van der Waals surface area contributed by atoms with E-state index in [9.17, 15) is 0 Å². The van der Waals surface area contributed by atoms with Gasteiger partial charge in [-0.15, -0.1) is 22.7 Å². The fourth-order valence-corrected chi connectivity index (χ4v) is 4.98. The molecular formula is C20H31N5S2. The Kier molecular flexibility index (Phi) is 7.67. The molecule has 1 aliphatic rings. The predicted octanol–water partition coefficient (Wildman–Crippen LogP) is 3.69. The van der Waals surface area contributed by atoms with Crippen LogP contribution in [0.25, 0.3) is 0 Å². The average molecular weight is 406 g/mol. The van der Waals surface area contributed by atoms with Gasteiger partial charge in [-0.3, -0.25) is 9.89 Å². The van der Waals surface area contributed by atoms with Crippen molar-refractivity contribution in [1.82, 2.24) is 20.5 Å². The lowest BCUT2D eigenvalue weighted by Crippen LogP contribution is -2.45. The summed E-state index contributed by atoms with van der Waals surface area (Å²) in [4.78, 5) is 13.0. The Hall–Kier alpha value is -1.44. The quantitative estimate of drug-likeness (QED) is 0.545. The molecule has 0 saturated carbocycles. The molecule has 3 rings (SSSR count). The monoisotopic (exact) mass is 405 g/mol. The smallest absolute Gasteiger partial charge is 0.191 e. The van der Waals surface area contributed by atoms with Gasteiger partial charge >= 0.3 is 0 Å². The van der Waals surface area contributed by atoms with E-state index < -0.39 is 0 Å². The molecule has 0 bridgehead atoms. The third-order valence-electron chi connectivity index (χ3n) is 5.16. The van der Waals surface area contributed by atoms with Crippen LogP contribution in [0.15, 0.2) is 27.9 Å². The molecule has 5 nitrogen and oxygen atoms in total. The Morgan fingerprint density at radius 3 is 2.78 bits per heavy atom. The summed E-state index contributed by atoms with van der Waals surface area (Å²) in [5.74, 6) is 1.72. The minimum Gasteiger partial charge on any atom is -0.356 e. The highest BCUT2D eigenvalue weighted by Crippen LogP contribution is 2.29. The van der Waals surface area contributed by atoms with Gasteiger partial charge in [0.05, 0.1) is 16.7 Å². The molecule has 2 N–H and O–H groups in total. The Labute approximate surface area is 170 Å². The van der Waals surface area contributed by atoms with Gasteiger partial charge in [-0.25, -0.2) is 4.98 Å². The first-order chi connectivity index (χ1) is 13.2. The number of rotatable bonds is 7. The van der Waals surface area contributed by atoms with Crippen molar-refractivity contribution in [2.75, 3.05) is 33.2 Å². The summed E-state index contributed by atoms with van der Waals surface area (Å²) in [6.07, 6.45) is 3.51. The molecule has 0 spiro atoms. The first-order valence-corrected chi connectivity index (χ1v) is 11.5. The highest BCUT2D eigenvalue weighted by molar-refractivity contribution is 7.10. The van der Waals surface area contributed by atoms with Gasteiger partial charge in [-0.2, -0.15) is 0 Å². The SMILES string of the molecule is CN=C(NCCc1csc(C)n1)NCC(c1cccs1)N1CCC(C)CC1. The molecule has 0 aromatic carbocycles. The van der Waals surface area contributed by atoms with Crippen molar-refractivity contribution in [2.45, 2.75) is 39.2 Å². The van der Waals surface area contributed by atoms with Crippen LogP contribution in [-0.4, -0.2) is 49.1 Å².